The van der Waals surface area contributed by atoms with Gasteiger partial charge in [0.2, 0.25) is 0 Å². The van der Waals surface area contributed by atoms with E-state index < -0.39 is 0 Å². The number of ether oxygens (including phenoxy) is 1. The summed E-state index contributed by atoms with van der Waals surface area (Å²) in [6.45, 7) is 10.0. The minimum Gasteiger partial charge on any atom is -0.491 e. The van der Waals surface area contributed by atoms with Crippen molar-refractivity contribution in [3.63, 3.8) is 0 Å². The summed E-state index contributed by atoms with van der Waals surface area (Å²) >= 11 is 3.42. The number of halogens is 1. The number of rotatable bonds is 4. The van der Waals surface area contributed by atoms with E-state index in [9.17, 15) is 4.79 Å². The Kier molecular flexibility index (Phi) is 5.70. The minimum absolute atomic E-state index is 0.121. The monoisotopic (exact) mass is 441 g/mol. The Labute approximate surface area is 173 Å². The first kappa shape index (κ1) is 20.3. The largest absolute Gasteiger partial charge is 0.491 e. The Morgan fingerprint density at radius 1 is 1.14 bits per heavy atom. The van der Waals surface area contributed by atoms with Crippen LogP contribution in [0.4, 0.5) is 0 Å². The number of aromatic nitrogens is 2. The van der Waals surface area contributed by atoms with Gasteiger partial charge in [-0.3, -0.25) is 4.79 Å². The van der Waals surface area contributed by atoms with Crippen LogP contribution in [0.2, 0.25) is 0 Å². The predicted molar refractivity (Wildman–Crippen MR) is 118 cm³/mol. The fourth-order valence-electron chi connectivity index (χ4n) is 2.77. The van der Waals surface area contributed by atoms with Gasteiger partial charge in [-0.25, -0.2) is 4.98 Å². The van der Waals surface area contributed by atoms with Gasteiger partial charge < -0.3 is 4.74 Å². The Hall–Kier alpha value is -2.47. The van der Waals surface area contributed by atoms with Crippen molar-refractivity contribution in [2.24, 2.45) is 5.10 Å². The summed E-state index contributed by atoms with van der Waals surface area (Å²) in [4.78, 5) is 17.8. The minimum atomic E-state index is -0.341. The van der Waals surface area contributed by atoms with Crippen LogP contribution in [0, 0.1) is 0 Å². The summed E-state index contributed by atoms with van der Waals surface area (Å²) in [5, 5.41) is 5.00. The summed E-state index contributed by atoms with van der Waals surface area (Å²) < 4.78 is 7.89. The first-order valence-corrected chi connectivity index (χ1v) is 9.98. The number of benzene rings is 2. The van der Waals surface area contributed by atoms with E-state index in [0.717, 1.165) is 15.8 Å². The molecule has 0 bridgehead atoms. The zero-order valence-corrected chi connectivity index (χ0v) is 18.3. The maximum Gasteiger partial charge on any atom is 0.282 e. The summed E-state index contributed by atoms with van der Waals surface area (Å²) in [6.07, 6.45) is 1.79. The van der Waals surface area contributed by atoms with Gasteiger partial charge in [0.15, 0.2) is 0 Å². The molecule has 28 heavy (non-hydrogen) atoms. The molecule has 1 aromatic heterocycles. The van der Waals surface area contributed by atoms with E-state index in [1.165, 1.54) is 4.68 Å². The fourth-order valence-corrected chi connectivity index (χ4v) is 3.13. The molecule has 0 N–H and O–H groups in total. The third kappa shape index (κ3) is 4.50. The van der Waals surface area contributed by atoms with Gasteiger partial charge in [-0.15, -0.1) is 0 Å². The molecule has 0 saturated carbocycles. The van der Waals surface area contributed by atoms with E-state index in [1.807, 2.05) is 71.0 Å². The Morgan fingerprint density at radius 2 is 1.82 bits per heavy atom. The zero-order chi connectivity index (χ0) is 20.5. The van der Waals surface area contributed by atoms with Crippen molar-refractivity contribution < 1.29 is 4.74 Å². The van der Waals surface area contributed by atoms with Gasteiger partial charge in [-0.1, -0.05) is 36.7 Å². The standard InChI is InChI=1S/C22H24BrN3O2/c1-14(2)28-17-9-6-15(7-10-17)13-24-26-20(27)18-12-16(23)8-11-19(18)25-21(26)22(3,4)5/h6-14H,1-5H3. The van der Waals surface area contributed by atoms with E-state index in [0.29, 0.717) is 16.7 Å². The second kappa shape index (κ2) is 7.87. The highest BCUT2D eigenvalue weighted by Crippen LogP contribution is 2.23. The Balaban J connectivity index is 2.07. The lowest BCUT2D eigenvalue weighted by Crippen LogP contribution is -2.29. The van der Waals surface area contributed by atoms with E-state index in [4.69, 9.17) is 9.72 Å². The molecule has 1 heterocycles. The predicted octanol–water partition coefficient (Wildman–Crippen LogP) is 5.13. The highest BCUT2D eigenvalue weighted by molar-refractivity contribution is 9.10. The van der Waals surface area contributed by atoms with Crippen molar-refractivity contribution in [2.45, 2.75) is 46.1 Å². The molecular formula is C22H24BrN3O2. The molecule has 0 radical (unpaired) electrons. The maximum absolute atomic E-state index is 13.1. The summed E-state index contributed by atoms with van der Waals surface area (Å²) in [6, 6.07) is 13.1. The van der Waals surface area contributed by atoms with Crippen LogP contribution >= 0.6 is 15.9 Å². The molecule has 3 aromatic rings. The van der Waals surface area contributed by atoms with Gasteiger partial charge >= 0.3 is 0 Å². The first-order chi connectivity index (χ1) is 13.1. The van der Waals surface area contributed by atoms with Crippen LogP contribution in [0.3, 0.4) is 0 Å². The number of nitrogens with zero attached hydrogens (tertiary/aromatic N) is 3. The highest BCUT2D eigenvalue weighted by Gasteiger charge is 2.22. The maximum atomic E-state index is 13.1. The first-order valence-electron chi connectivity index (χ1n) is 9.19. The van der Waals surface area contributed by atoms with Crippen LogP contribution in [-0.2, 0) is 5.41 Å². The second-order valence-electron chi connectivity index (χ2n) is 7.94. The number of hydrogen-bond acceptors (Lipinski definition) is 4. The van der Waals surface area contributed by atoms with Gasteiger partial charge in [-0.2, -0.15) is 9.78 Å². The SMILES string of the molecule is CC(C)Oc1ccc(C=Nn2c(C(C)(C)C)nc3ccc(Br)cc3c2=O)cc1. The quantitative estimate of drug-likeness (QED) is 0.527. The lowest BCUT2D eigenvalue weighted by molar-refractivity contribution is 0.242. The molecule has 146 valence electrons. The van der Waals surface area contributed by atoms with Crippen molar-refractivity contribution in [3.05, 3.63) is 68.7 Å². The molecule has 0 aliphatic rings. The zero-order valence-electron chi connectivity index (χ0n) is 16.7. The molecule has 0 saturated heterocycles. The normalized spacial score (nSPS) is 12.2. The molecule has 0 fully saturated rings. The van der Waals surface area contributed by atoms with E-state index >= 15 is 0 Å². The van der Waals surface area contributed by atoms with E-state index in [1.54, 1.807) is 12.3 Å². The lowest BCUT2D eigenvalue weighted by Gasteiger charge is -2.20. The topological polar surface area (TPSA) is 56.5 Å². The van der Waals surface area contributed by atoms with Crippen LogP contribution in [0.25, 0.3) is 10.9 Å². The van der Waals surface area contributed by atoms with Crippen molar-refractivity contribution in [3.8, 4) is 5.75 Å². The van der Waals surface area contributed by atoms with Crippen molar-refractivity contribution in [1.29, 1.82) is 0 Å². The summed E-state index contributed by atoms with van der Waals surface area (Å²) in [5.41, 5.74) is 1.01. The molecule has 0 aliphatic heterocycles. The van der Waals surface area contributed by atoms with Crippen LogP contribution in [0.15, 0.2) is 56.8 Å². The third-order valence-electron chi connectivity index (χ3n) is 4.05. The van der Waals surface area contributed by atoms with Crippen LogP contribution in [0.5, 0.6) is 5.75 Å². The van der Waals surface area contributed by atoms with E-state index in [-0.39, 0.29) is 17.1 Å². The van der Waals surface area contributed by atoms with Crippen LogP contribution in [-0.4, -0.2) is 22.0 Å². The van der Waals surface area contributed by atoms with Gasteiger partial charge in [0.05, 0.1) is 23.2 Å². The molecule has 6 heteroatoms. The average molecular weight is 442 g/mol. The fraction of sp³-hybridized carbons (Fsp3) is 0.318. The van der Waals surface area contributed by atoms with Crippen molar-refractivity contribution >= 4 is 33.0 Å². The van der Waals surface area contributed by atoms with Crippen LogP contribution in [0.1, 0.15) is 46.0 Å². The molecule has 0 atom stereocenters. The number of hydrogen-bond donors (Lipinski definition) is 0. The summed E-state index contributed by atoms with van der Waals surface area (Å²) in [7, 11) is 0. The van der Waals surface area contributed by atoms with Crippen molar-refractivity contribution in [2.75, 3.05) is 0 Å². The van der Waals surface area contributed by atoms with Gasteiger partial charge in [0.1, 0.15) is 11.6 Å². The Bertz CT molecular complexity index is 1080. The second-order valence-corrected chi connectivity index (χ2v) is 8.86. The van der Waals surface area contributed by atoms with E-state index in [2.05, 4.69) is 21.0 Å². The molecule has 0 aliphatic carbocycles. The molecule has 5 nitrogen and oxygen atoms in total. The molecule has 0 unspecified atom stereocenters. The van der Waals surface area contributed by atoms with Gasteiger partial charge in [-0.05, 0) is 61.9 Å². The molecule has 0 amide bonds. The number of fused-ring (bicyclic) bond motifs is 1. The molecule has 2 aromatic carbocycles. The van der Waals surface area contributed by atoms with Crippen LogP contribution < -0.4 is 10.3 Å². The third-order valence-corrected chi connectivity index (χ3v) is 4.55. The lowest BCUT2D eigenvalue weighted by atomic mass is 9.95. The smallest absolute Gasteiger partial charge is 0.282 e. The highest BCUT2D eigenvalue weighted by atomic mass is 79.9. The van der Waals surface area contributed by atoms with Gasteiger partial charge in [0.25, 0.3) is 5.56 Å². The van der Waals surface area contributed by atoms with Crippen molar-refractivity contribution in [1.82, 2.24) is 9.66 Å². The summed E-state index contributed by atoms with van der Waals surface area (Å²) in [5.74, 6) is 1.42. The van der Waals surface area contributed by atoms with Gasteiger partial charge in [0, 0.05) is 9.89 Å². The molecule has 0 spiro atoms. The Morgan fingerprint density at radius 3 is 2.43 bits per heavy atom. The average Bonchev–Trinajstić information content (AvgIpc) is 2.61. The molecule has 3 rings (SSSR count). The molecular weight excluding hydrogens is 418 g/mol.